The number of carbonyl (C=O) groups is 1. The quantitative estimate of drug-likeness (QED) is 0.824. The first-order chi connectivity index (χ1) is 8.30. The third kappa shape index (κ3) is 5.01. The first-order valence-electron chi connectivity index (χ1n) is 5.15. The third-order valence-electron chi connectivity index (χ3n) is 2.09. The molecule has 0 unspecified atom stereocenters. The minimum absolute atomic E-state index is 0.0696. The van der Waals surface area contributed by atoms with Crippen LogP contribution in [0.15, 0.2) is 16.6 Å². The number of halogens is 1. The lowest BCUT2D eigenvalue weighted by atomic mass is 10.3. The van der Waals surface area contributed by atoms with Gasteiger partial charge in [0, 0.05) is 10.9 Å². The molecule has 0 spiro atoms. The first-order valence-corrected chi connectivity index (χ1v) is 7.60. The van der Waals surface area contributed by atoms with E-state index in [0.29, 0.717) is 5.69 Å². The van der Waals surface area contributed by atoms with Crippen molar-refractivity contribution in [3.63, 3.8) is 0 Å². The van der Waals surface area contributed by atoms with Gasteiger partial charge >= 0.3 is 5.97 Å². The van der Waals surface area contributed by atoms with Crippen molar-refractivity contribution in [2.24, 2.45) is 0 Å². The molecule has 0 aromatic carbocycles. The molecule has 0 saturated carbocycles. The second-order valence-electron chi connectivity index (χ2n) is 3.68. The number of nitrogens with zero attached hydrogens (tertiary/aromatic N) is 1. The smallest absolute Gasteiger partial charge is 0.303 e. The van der Waals surface area contributed by atoms with Crippen LogP contribution in [0.2, 0.25) is 0 Å². The number of nitrogens with one attached hydrogen (secondary N) is 1. The van der Waals surface area contributed by atoms with E-state index in [-0.39, 0.29) is 24.4 Å². The summed E-state index contributed by atoms with van der Waals surface area (Å²) in [5.74, 6) is -1.02. The zero-order valence-corrected chi connectivity index (χ0v) is 12.1. The summed E-state index contributed by atoms with van der Waals surface area (Å²) in [5.41, 5.74) is 0.667. The number of carboxylic acids is 1. The number of rotatable bonds is 6. The summed E-state index contributed by atoms with van der Waals surface area (Å²) in [5, 5.41) is 8.43. The van der Waals surface area contributed by atoms with Crippen molar-refractivity contribution in [2.75, 3.05) is 10.5 Å². The van der Waals surface area contributed by atoms with Gasteiger partial charge < -0.3 is 5.11 Å². The van der Waals surface area contributed by atoms with Crippen molar-refractivity contribution in [1.82, 2.24) is 4.98 Å². The molecular formula is C10H13BrN2O4S. The van der Waals surface area contributed by atoms with Crippen molar-refractivity contribution >= 4 is 37.7 Å². The van der Waals surface area contributed by atoms with E-state index in [1.165, 1.54) is 6.07 Å². The highest BCUT2D eigenvalue weighted by molar-refractivity contribution is 9.10. The van der Waals surface area contributed by atoms with Crippen LogP contribution in [-0.2, 0) is 14.8 Å². The van der Waals surface area contributed by atoms with E-state index in [1.54, 1.807) is 13.0 Å². The Balaban J connectivity index is 2.64. The Labute approximate surface area is 114 Å². The van der Waals surface area contributed by atoms with Crippen LogP contribution in [0.4, 0.5) is 5.82 Å². The predicted molar refractivity (Wildman–Crippen MR) is 71.0 cm³/mol. The van der Waals surface area contributed by atoms with Gasteiger partial charge in [-0.1, -0.05) is 0 Å². The Kier molecular flexibility index (Phi) is 5.09. The monoisotopic (exact) mass is 336 g/mol. The fourth-order valence-corrected chi connectivity index (χ4v) is 2.50. The molecule has 1 heterocycles. The molecule has 0 atom stereocenters. The van der Waals surface area contributed by atoms with Gasteiger partial charge in [-0.3, -0.25) is 9.52 Å². The molecule has 1 rings (SSSR count). The number of carboxylic acid groups (broad SMARTS) is 1. The van der Waals surface area contributed by atoms with Crippen molar-refractivity contribution < 1.29 is 18.3 Å². The highest BCUT2D eigenvalue weighted by Crippen LogP contribution is 2.17. The van der Waals surface area contributed by atoms with E-state index in [4.69, 9.17) is 5.11 Å². The summed E-state index contributed by atoms with van der Waals surface area (Å²) in [7, 11) is -3.55. The van der Waals surface area contributed by atoms with Crippen LogP contribution in [0.1, 0.15) is 18.5 Å². The average Bonchev–Trinajstić information content (AvgIpc) is 2.22. The second-order valence-corrected chi connectivity index (χ2v) is 6.38. The van der Waals surface area contributed by atoms with E-state index in [9.17, 15) is 13.2 Å². The Morgan fingerprint density at radius 3 is 2.72 bits per heavy atom. The second kappa shape index (κ2) is 6.14. The van der Waals surface area contributed by atoms with Crippen molar-refractivity contribution in [3.8, 4) is 0 Å². The van der Waals surface area contributed by atoms with E-state index in [0.717, 1.165) is 4.47 Å². The highest BCUT2D eigenvalue weighted by atomic mass is 79.9. The number of hydrogen-bond acceptors (Lipinski definition) is 4. The SMILES string of the molecule is Cc1nc(NS(=O)(=O)CCCC(=O)O)ccc1Br. The van der Waals surface area contributed by atoms with Crippen LogP contribution >= 0.6 is 15.9 Å². The van der Waals surface area contributed by atoms with E-state index < -0.39 is 16.0 Å². The van der Waals surface area contributed by atoms with Crippen molar-refractivity contribution in [3.05, 3.63) is 22.3 Å². The van der Waals surface area contributed by atoms with E-state index >= 15 is 0 Å². The molecule has 0 radical (unpaired) electrons. The molecule has 0 aliphatic rings. The van der Waals surface area contributed by atoms with Crippen molar-refractivity contribution in [2.45, 2.75) is 19.8 Å². The van der Waals surface area contributed by atoms with Gasteiger partial charge in [0.2, 0.25) is 10.0 Å². The van der Waals surface area contributed by atoms with Gasteiger partial charge in [-0.05, 0) is 41.4 Å². The number of sulfonamides is 1. The Hall–Kier alpha value is -1.15. The molecule has 0 amide bonds. The zero-order chi connectivity index (χ0) is 13.8. The topological polar surface area (TPSA) is 96.4 Å². The largest absolute Gasteiger partial charge is 0.481 e. The molecule has 8 heteroatoms. The summed E-state index contributed by atoms with van der Waals surface area (Å²) in [6.45, 7) is 1.74. The minimum Gasteiger partial charge on any atom is -0.481 e. The number of aryl methyl sites for hydroxylation is 1. The lowest BCUT2D eigenvalue weighted by Gasteiger charge is -2.07. The Morgan fingerprint density at radius 1 is 1.50 bits per heavy atom. The average molecular weight is 337 g/mol. The molecular weight excluding hydrogens is 324 g/mol. The molecule has 0 saturated heterocycles. The number of aromatic nitrogens is 1. The standard InChI is InChI=1S/C10H13BrN2O4S/c1-7-8(11)4-5-9(12-7)13-18(16,17)6-2-3-10(14)15/h4-5H,2-3,6H2,1H3,(H,12,13)(H,14,15). The maximum Gasteiger partial charge on any atom is 0.303 e. The van der Waals surface area contributed by atoms with Crippen LogP contribution in [0, 0.1) is 6.92 Å². The van der Waals surface area contributed by atoms with Gasteiger partial charge in [0.25, 0.3) is 0 Å². The molecule has 18 heavy (non-hydrogen) atoms. The van der Waals surface area contributed by atoms with Gasteiger partial charge in [-0.25, -0.2) is 13.4 Å². The third-order valence-corrected chi connectivity index (χ3v) is 4.27. The summed E-state index contributed by atoms with van der Waals surface area (Å²) >= 11 is 3.26. The number of hydrogen-bond donors (Lipinski definition) is 2. The molecule has 0 bridgehead atoms. The normalized spacial score (nSPS) is 11.2. The van der Waals surface area contributed by atoms with Crippen LogP contribution in [-0.4, -0.2) is 30.2 Å². The summed E-state index contributed by atoms with van der Waals surface area (Å²) in [6, 6.07) is 3.23. The molecule has 0 aliphatic heterocycles. The lowest BCUT2D eigenvalue weighted by Crippen LogP contribution is -2.18. The minimum atomic E-state index is -3.55. The Morgan fingerprint density at radius 2 is 2.17 bits per heavy atom. The van der Waals surface area contributed by atoms with Gasteiger partial charge in [0.15, 0.2) is 0 Å². The number of aliphatic carboxylic acids is 1. The number of anilines is 1. The molecule has 6 nitrogen and oxygen atoms in total. The van der Waals surface area contributed by atoms with Crippen LogP contribution in [0.25, 0.3) is 0 Å². The molecule has 1 aromatic rings. The molecule has 0 fully saturated rings. The molecule has 100 valence electrons. The highest BCUT2D eigenvalue weighted by Gasteiger charge is 2.12. The summed E-state index contributed by atoms with van der Waals surface area (Å²) in [4.78, 5) is 14.3. The van der Waals surface area contributed by atoms with E-state index in [2.05, 4.69) is 25.6 Å². The molecule has 1 aromatic heterocycles. The lowest BCUT2D eigenvalue weighted by molar-refractivity contribution is -0.137. The van der Waals surface area contributed by atoms with Gasteiger partial charge in [-0.15, -0.1) is 0 Å². The molecule has 2 N–H and O–H groups in total. The van der Waals surface area contributed by atoms with E-state index in [1.807, 2.05) is 0 Å². The van der Waals surface area contributed by atoms with Crippen LogP contribution < -0.4 is 4.72 Å². The fourth-order valence-electron chi connectivity index (χ4n) is 1.22. The van der Waals surface area contributed by atoms with Gasteiger partial charge in [0.1, 0.15) is 5.82 Å². The maximum atomic E-state index is 11.6. The van der Waals surface area contributed by atoms with Crippen LogP contribution in [0.3, 0.4) is 0 Å². The van der Waals surface area contributed by atoms with Gasteiger partial charge in [-0.2, -0.15) is 0 Å². The van der Waals surface area contributed by atoms with Gasteiger partial charge in [0.05, 0.1) is 11.4 Å². The Bertz CT molecular complexity index is 545. The summed E-state index contributed by atoms with van der Waals surface area (Å²) < 4.78 is 26.3. The maximum absolute atomic E-state index is 11.6. The van der Waals surface area contributed by atoms with Crippen LogP contribution in [0.5, 0.6) is 0 Å². The first kappa shape index (κ1) is 14.9. The zero-order valence-electron chi connectivity index (χ0n) is 9.68. The predicted octanol–water partition coefficient (Wildman–Crippen LogP) is 1.76. The molecule has 0 aliphatic carbocycles. The number of pyridine rings is 1. The van der Waals surface area contributed by atoms with Crippen molar-refractivity contribution in [1.29, 1.82) is 0 Å². The fraction of sp³-hybridized carbons (Fsp3) is 0.400. The summed E-state index contributed by atoms with van der Waals surface area (Å²) in [6.07, 6.45) is -0.103.